The van der Waals surface area contributed by atoms with E-state index in [0.717, 1.165) is 25.7 Å². The average Bonchev–Trinajstić information content (AvgIpc) is 2.68. The van der Waals surface area contributed by atoms with Crippen LogP contribution in [-0.2, 0) is 14.8 Å². The predicted molar refractivity (Wildman–Crippen MR) is 114 cm³/mol. The molecule has 1 amide bonds. The lowest BCUT2D eigenvalue weighted by atomic mass is 9.99. The molecular formula is C19H32ClN3O4S. The third kappa shape index (κ3) is 5.83. The lowest BCUT2D eigenvalue weighted by Gasteiger charge is -2.27. The Bertz CT molecular complexity index is 752. The van der Waals surface area contributed by atoms with Crippen molar-refractivity contribution in [3.8, 4) is 5.75 Å². The van der Waals surface area contributed by atoms with E-state index in [1.165, 1.54) is 10.4 Å². The summed E-state index contributed by atoms with van der Waals surface area (Å²) in [4.78, 5) is 12.4. The maximum absolute atomic E-state index is 13.1. The van der Waals surface area contributed by atoms with Gasteiger partial charge in [-0.3, -0.25) is 4.79 Å². The Morgan fingerprint density at radius 1 is 1.25 bits per heavy atom. The zero-order valence-electron chi connectivity index (χ0n) is 16.8. The molecule has 0 saturated carbocycles. The zero-order valence-corrected chi connectivity index (χ0v) is 18.4. The molecule has 1 aliphatic rings. The maximum Gasteiger partial charge on any atom is 0.246 e. The molecule has 0 bridgehead atoms. The second-order valence-corrected chi connectivity index (χ2v) is 8.87. The first-order valence-electron chi connectivity index (χ1n) is 9.64. The number of halogens is 1. The minimum Gasteiger partial charge on any atom is -0.492 e. The summed E-state index contributed by atoms with van der Waals surface area (Å²) in [5.41, 5.74) is 6.37. The number of nitrogens with two attached hydrogens (primary N) is 1. The van der Waals surface area contributed by atoms with Gasteiger partial charge in [0, 0.05) is 18.8 Å². The molecule has 160 valence electrons. The fourth-order valence-corrected chi connectivity index (χ4v) is 4.72. The van der Waals surface area contributed by atoms with Gasteiger partial charge in [-0.15, -0.1) is 12.4 Å². The highest BCUT2D eigenvalue weighted by Crippen LogP contribution is 2.31. The van der Waals surface area contributed by atoms with Crippen molar-refractivity contribution >= 4 is 34.0 Å². The standard InChI is InChI=1S/C19H31N3O4S.ClH/c1-4-14(3)18(20)19(23)21-15-9-10-16(26-5-2)17(13-15)27(24,25)22-11-7-6-8-12-22;/h9-10,13-14,18H,4-8,11-12,20H2,1-3H3,(H,21,23);1H. The lowest BCUT2D eigenvalue weighted by molar-refractivity contribution is -0.118. The largest absolute Gasteiger partial charge is 0.492 e. The Labute approximate surface area is 174 Å². The summed E-state index contributed by atoms with van der Waals surface area (Å²) in [5.74, 6) is 0.00591. The van der Waals surface area contributed by atoms with Gasteiger partial charge in [0.2, 0.25) is 15.9 Å². The number of hydrogen-bond acceptors (Lipinski definition) is 5. The number of carbonyl (C=O) groups excluding carboxylic acids is 1. The molecule has 1 aliphatic heterocycles. The van der Waals surface area contributed by atoms with E-state index >= 15 is 0 Å². The normalized spacial score (nSPS) is 17.3. The molecule has 1 aromatic rings. The molecule has 2 unspecified atom stereocenters. The summed E-state index contributed by atoms with van der Waals surface area (Å²) >= 11 is 0. The van der Waals surface area contributed by atoms with Crippen molar-refractivity contribution in [2.24, 2.45) is 11.7 Å². The molecule has 1 fully saturated rings. The number of ether oxygens (including phenoxy) is 1. The van der Waals surface area contributed by atoms with Crippen LogP contribution in [0.4, 0.5) is 5.69 Å². The molecule has 0 aromatic heterocycles. The van der Waals surface area contributed by atoms with E-state index in [2.05, 4.69) is 5.32 Å². The number of hydrogen-bond donors (Lipinski definition) is 2. The molecule has 2 rings (SSSR count). The highest BCUT2D eigenvalue weighted by molar-refractivity contribution is 7.89. The number of nitrogens with one attached hydrogen (secondary N) is 1. The van der Waals surface area contributed by atoms with Gasteiger partial charge in [0.15, 0.2) is 0 Å². The number of sulfonamides is 1. The van der Waals surface area contributed by atoms with Crippen molar-refractivity contribution < 1.29 is 17.9 Å². The zero-order chi connectivity index (χ0) is 20.0. The Morgan fingerprint density at radius 3 is 2.46 bits per heavy atom. The van der Waals surface area contributed by atoms with Crippen LogP contribution in [0.2, 0.25) is 0 Å². The van der Waals surface area contributed by atoms with Crippen molar-refractivity contribution in [3.63, 3.8) is 0 Å². The van der Waals surface area contributed by atoms with Crippen LogP contribution in [0, 0.1) is 5.92 Å². The Morgan fingerprint density at radius 2 is 1.89 bits per heavy atom. The van der Waals surface area contributed by atoms with Crippen LogP contribution in [0.3, 0.4) is 0 Å². The van der Waals surface area contributed by atoms with E-state index in [1.807, 2.05) is 13.8 Å². The van der Waals surface area contributed by atoms with Gasteiger partial charge >= 0.3 is 0 Å². The van der Waals surface area contributed by atoms with Gasteiger partial charge in [0.25, 0.3) is 0 Å². The third-order valence-corrected chi connectivity index (χ3v) is 6.92. The summed E-state index contributed by atoms with van der Waals surface area (Å²) < 4.78 is 33.3. The van der Waals surface area contributed by atoms with Crippen molar-refractivity contribution in [2.75, 3.05) is 25.0 Å². The fourth-order valence-electron chi connectivity index (χ4n) is 3.04. The van der Waals surface area contributed by atoms with E-state index in [-0.39, 0.29) is 29.1 Å². The molecule has 9 heteroatoms. The second kappa shape index (κ2) is 11.0. The minimum atomic E-state index is -3.69. The van der Waals surface area contributed by atoms with Gasteiger partial charge in [-0.1, -0.05) is 26.7 Å². The molecule has 1 heterocycles. The SMILES string of the molecule is CCOc1ccc(NC(=O)C(N)C(C)CC)cc1S(=O)(=O)N1CCCCC1.Cl. The Balaban J connectivity index is 0.00000392. The van der Waals surface area contributed by atoms with Gasteiger partial charge in [-0.05, 0) is 43.9 Å². The number of rotatable bonds is 8. The molecule has 7 nitrogen and oxygen atoms in total. The molecule has 1 aromatic carbocycles. The highest BCUT2D eigenvalue weighted by Gasteiger charge is 2.29. The van der Waals surface area contributed by atoms with E-state index in [1.54, 1.807) is 19.1 Å². The van der Waals surface area contributed by atoms with E-state index in [0.29, 0.717) is 31.1 Å². The molecule has 3 N–H and O–H groups in total. The topological polar surface area (TPSA) is 102 Å². The number of piperidine rings is 1. The number of nitrogens with zero attached hydrogens (tertiary/aromatic N) is 1. The van der Waals surface area contributed by atoms with Gasteiger partial charge in [0.05, 0.1) is 12.6 Å². The van der Waals surface area contributed by atoms with Crippen LogP contribution in [0.1, 0.15) is 46.5 Å². The van der Waals surface area contributed by atoms with Crippen LogP contribution in [-0.4, -0.2) is 44.4 Å². The van der Waals surface area contributed by atoms with Crippen LogP contribution in [0.25, 0.3) is 0 Å². The van der Waals surface area contributed by atoms with Crippen molar-refractivity contribution in [1.82, 2.24) is 4.31 Å². The van der Waals surface area contributed by atoms with Crippen LogP contribution < -0.4 is 15.8 Å². The van der Waals surface area contributed by atoms with E-state index < -0.39 is 16.1 Å². The van der Waals surface area contributed by atoms with E-state index in [4.69, 9.17) is 10.5 Å². The van der Waals surface area contributed by atoms with E-state index in [9.17, 15) is 13.2 Å². The van der Waals surface area contributed by atoms with Crippen LogP contribution >= 0.6 is 12.4 Å². The predicted octanol–water partition coefficient (Wildman–Crippen LogP) is 2.99. The van der Waals surface area contributed by atoms with Gasteiger partial charge in [-0.25, -0.2) is 8.42 Å². The Kier molecular flexibility index (Phi) is 9.69. The maximum atomic E-state index is 13.1. The first-order valence-corrected chi connectivity index (χ1v) is 11.1. The average molecular weight is 434 g/mol. The smallest absolute Gasteiger partial charge is 0.246 e. The monoisotopic (exact) mass is 433 g/mol. The van der Waals surface area contributed by atoms with Gasteiger partial charge < -0.3 is 15.8 Å². The van der Waals surface area contributed by atoms with Gasteiger partial charge in [0.1, 0.15) is 10.6 Å². The molecular weight excluding hydrogens is 402 g/mol. The molecule has 0 radical (unpaired) electrons. The summed E-state index contributed by atoms with van der Waals surface area (Å²) in [6, 6.07) is 4.05. The van der Waals surface area contributed by atoms with Crippen molar-refractivity contribution in [1.29, 1.82) is 0 Å². The van der Waals surface area contributed by atoms with Crippen LogP contribution in [0.15, 0.2) is 23.1 Å². The number of benzene rings is 1. The van der Waals surface area contributed by atoms with Gasteiger partial charge in [-0.2, -0.15) is 4.31 Å². The minimum absolute atomic E-state index is 0. The van der Waals surface area contributed by atoms with Crippen molar-refractivity contribution in [2.45, 2.75) is 57.4 Å². The molecule has 0 spiro atoms. The third-order valence-electron chi connectivity index (χ3n) is 5.00. The highest BCUT2D eigenvalue weighted by atomic mass is 35.5. The summed E-state index contributed by atoms with van der Waals surface area (Å²) in [6.45, 7) is 7.05. The summed E-state index contributed by atoms with van der Waals surface area (Å²) in [5, 5.41) is 2.74. The number of carbonyl (C=O) groups is 1. The lowest BCUT2D eigenvalue weighted by Crippen LogP contribution is -2.40. The molecule has 1 saturated heterocycles. The fraction of sp³-hybridized carbons (Fsp3) is 0.632. The number of amides is 1. The Hall–Kier alpha value is -1.35. The first kappa shape index (κ1) is 24.7. The molecule has 0 aliphatic carbocycles. The number of anilines is 1. The molecule has 28 heavy (non-hydrogen) atoms. The molecule has 2 atom stereocenters. The second-order valence-electron chi connectivity index (χ2n) is 6.96. The van der Waals surface area contributed by atoms with Crippen molar-refractivity contribution in [3.05, 3.63) is 18.2 Å². The summed E-state index contributed by atoms with van der Waals surface area (Å²) in [7, 11) is -3.69. The summed E-state index contributed by atoms with van der Waals surface area (Å²) in [6.07, 6.45) is 3.52. The first-order chi connectivity index (χ1) is 12.8. The quantitative estimate of drug-likeness (QED) is 0.656. The van der Waals surface area contributed by atoms with Crippen LogP contribution in [0.5, 0.6) is 5.75 Å².